The quantitative estimate of drug-likeness (QED) is 0.756. The van der Waals surface area contributed by atoms with Crippen LogP contribution in [0.5, 0.6) is 11.5 Å². The van der Waals surface area contributed by atoms with Crippen molar-refractivity contribution in [3.63, 3.8) is 0 Å². The summed E-state index contributed by atoms with van der Waals surface area (Å²) in [6.45, 7) is 3.70. The van der Waals surface area contributed by atoms with Crippen LogP contribution in [0, 0.1) is 0 Å². The predicted molar refractivity (Wildman–Crippen MR) is 79.0 cm³/mol. The zero-order chi connectivity index (χ0) is 13.5. The summed E-state index contributed by atoms with van der Waals surface area (Å²) in [5.41, 5.74) is 0.760. The van der Waals surface area contributed by atoms with Crippen LogP contribution in [0.2, 0.25) is 5.02 Å². The van der Waals surface area contributed by atoms with Crippen LogP contribution < -0.4 is 10.1 Å². The Morgan fingerprint density at radius 2 is 2.22 bits per heavy atom. The fourth-order valence-electron chi connectivity index (χ4n) is 1.56. The summed E-state index contributed by atoms with van der Waals surface area (Å²) in [4.78, 5) is 0. The third-order valence-corrected chi connectivity index (χ3v) is 4.04. The van der Waals surface area contributed by atoms with Gasteiger partial charge in [0.25, 0.3) is 0 Å². The summed E-state index contributed by atoms with van der Waals surface area (Å²) in [7, 11) is 1.52. The zero-order valence-electron chi connectivity index (χ0n) is 11.0. The highest BCUT2D eigenvalue weighted by Gasteiger charge is 2.09. The SMILES string of the molecule is COc1cc(Cl)cc(CNCCC(C)SC)c1O. The van der Waals surface area contributed by atoms with Gasteiger partial charge in [-0.15, -0.1) is 0 Å². The third-order valence-electron chi connectivity index (χ3n) is 2.78. The highest BCUT2D eigenvalue weighted by atomic mass is 35.5. The van der Waals surface area contributed by atoms with Gasteiger partial charge in [0.05, 0.1) is 7.11 Å². The van der Waals surface area contributed by atoms with E-state index in [0.29, 0.717) is 22.6 Å². The van der Waals surface area contributed by atoms with E-state index in [2.05, 4.69) is 18.5 Å². The number of methoxy groups -OCH3 is 1. The number of nitrogens with one attached hydrogen (secondary N) is 1. The molecule has 0 radical (unpaired) electrons. The van der Waals surface area contributed by atoms with Gasteiger partial charge >= 0.3 is 0 Å². The predicted octanol–water partition coefficient (Wildman–Crippen LogP) is 3.29. The van der Waals surface area contributed by atoms with E-state index in [0.717, 1.165) is 18.5 Å². The summed E-state index contributed by atoms with van der Waals surface area (Å²) in [5, 5.41) is 14.4. The van der Waals surface area contributed by atoms with E-state index in [1.807, 2.05) is 11.8 Å². The molecule has 1 aromatic rings. The maximum atomic E-state index is 9.94. The van der Waals surface area contributed by atoms with E-state index in [9.17, 15) is 5.11 Å². The number of halogens is 1. The van der Waals surface area contributed by atoms with Crippen LogP contribution in [0.3, 0.4) is 0 Å². The molecule has 0 heterocycles. The van der Waals surface area contributed by atoms with Crippen LogP contribution in [0.15, 0.2) is 12.1 Å². The normalized spacial score (nSPS) is 12.4. The van der Waals surface area contributed by atoms with Crippen molar-refractivity contribution in [3.8, 4) is 11.5 Å². The Morgan fingerprint density at radius 1 is 1.50 bits per heavy atom. The van der Waals surface area contributed by atoms with Gasteiger partial charge < -0.3 is 15.2 Å². The van der Waals surface area contributed by atoms with E-state index >= 15 is 0 Å². The highest BCUT2D eigenvalue weighted by Crippen LogP contribution is 2.33. The summed E-state index contributed by atoms with van der Waals surface area (Å²) < 4.78 is 5.06. The number of hydrogen-bond acceptors (Lipinski definition) is 4. The molecule has 18 heavy (non-hydrogen) atoms. The smallest absolute Gasteiger partial charge is 0.162 e. The second-order valence-electron chi connectivity index (χ2n) is 4.13. The molecule has 0 saturated carbocycles. The van der Waals surface area contributed by atoms with Crippen LogP contribution in [0.1, 0.15) is 18.9 Å². The van der Waals surface area contributed by atoms with Gasteiger partial charge in [0.15, 0.2) is 11.5 Å². The maximum absolute atomic E-state index is 9.94. The lowest BCUT2D eigenvalue weighted by Gasteiger charge is -2.12. The number of benzene rings is 1. The van der Waals surface area contributed by atoms with Crippen molar-refractivity contribution in [2.45, 2.75) is 25.1 Å². The fraction of sp³-hybridized carbons (Fsp3) is 0.538. The molecule has 0 aromatic heterocycles. The van der Waals surface area contributed by atoms with Gasteiger partial charge in [0.2, 0.25) is 0 Å². The van der Waals surface area contributed by atoms with Gasteiger partial charge in [-0.3, -0.25) is 0 Å². The monoisotopic (exact) mass is 289 g/mol. The lowest BCUT2D eigenvalue weighted by molar-refractivity contribution is 0.369. The molecule has 102 valence electrons. The van der Waals surface area contributed by atoms with Crippen molar-refractivity contribution in [2.24, 2.45) is 0 Å². The first-order chi connectivity index (χ1) is 8.58. The van der Waals surface area contributed by atoms with E-state index < -0.39 is 0 Å². The van der Waals surface area contributed by atoms with Crippen molar-refractivity contribution in [3.05, 3.63) is 22.7 Å². The van der Waals surface area contributed by atoms with Gasteiger partial charge in [-0.1, -0.05) is 18.5 Å². The standard InChI is InChI=1S/C13H20ClNO2S/c1-9(18-3)4-5-15-8-10-6-11(14)7-12(17-2)13(10)16/h6-7,9,15-16H,4-5,8H2,1-3H3. The molecular formula is C13H20ClNO2S. The second-order valence-corrected chi connectivity index (χ2v) is 5.84. The lowest BCUT2D eigenvalue weighted by Crippen LogP contribution is -2.17. The van der Waals surface area contributed by atoms with E-state index in [-0.39, 0.29) is 5.75 Å². The van der Waals surface area contributed by atoms with Crippen LogP contribution in [0.25, 0.3) is 0 Å². The molecule has 1 unspecified atom stereocenters. The van der Waals surface area contributed by atoms with Gasteiger partial charge in [0, 0.05) is 28.4 Å². The number of phenols is 1. The molecule has 5 heteroatoms. The van der Waals surface area contributed by atoms with Crippen molar-refractivity contribution < 1.29 is 9.84 Å². The maximum Gasteiger partial charge on any atom is 0.162 e. The van der Waals surface area contributed by atoms with E-state index in [1.54, 1.807) is 12.1 Å². The minimum atomic E-state index is 0.160. The molecule has 2 N–H and O–H groups in total. The summed E-state index contributed by atoms with van der Waals surface area (Å²) >= 11 is 7.82. The van der Waals surface area contributed by atoms with Gasteiger partial charge in [0.1, 0.15) is 0 Å². The molecule has 0 spiro atoms. The van der Waals surface area contributed by atoms with Crippen molar-refractivity contribution in [2.75, 3.05) is 19.9 Å². The van der Waals surface area contributed by atoms with Crippen molar-refractivity contribution in [1.29, 1.82) is 0 Å². The van der Waals surface area contributed by atoms with Gasteiger partial charge in [-0.05, 0) is 25.3 Å². The third kappa shape index (κ3) is 4.59. The topological polar surface area (TPSA) is 41.5 Å². The van der Waals surface area contributed by atoms with Crippen molar-refractivity contribution >= 4 is 23.4 Å². The first-order valence-corrected chi connectivity index (χ1v) is 7.54. The van der Waals surface area contributed by atoms with E-state index in [1.165, 1.54) is 7.11 Å². The molecule has 0 bridgehead atoms. The van der Waals surface area contributed by atoms with Gasteiger partial charge in [-0.2, -0.15) is 11.8 Å². The summed E-state index contributed by atoms with van der Waals surface area (Å²) in [6.07, 6.45) is 3.21. The molecule has 0 aliphatic carbocycles. The van der Waals surface area contributed by atoms with Gasteiger partial charge in [-0.25, -0.2) is 0 Å². The lowest BCUT2D eigenvalue weighted by atomic mass is 10.2. The first-order valence-electron chi connectivity index (χ1n) is 5.87. The molecule has 1 aromatic carbocycles. The number of phenolic OH excluding ortho intramolecular Hbond substituents is 1. The fourth-order valence-corrected chi connectivity index (χ4v) is 2.15. The molecule has 1 rings (SSSR count). The number of hydrogen-bond donors (Lipinski definition) is 2. The Morgan fingerprint density at radius 3 is 2.83 bits per heavy atom. The molecular weight excluding hydrogens is 270 g/mol. The summed E-state index contributed by atoms with van der Waals surface area (Å²) in [5.74, 6) is 0.573. The number of thioether (sulfide) groups is 1. The Kier molecular flexibility index (Phi) is 6.68. The Hall–Kier alpha value is -0.580. The average Bonchev–Trinajstić information content (AvgIpc) is 2.37. The Labute approximate surface area is 118 Å². The second kappa shape index (κ2) is 7.77. The average molecular weight is 290 g/mol. The Bertz CT molecular complexity index is 387. The molecule has 0 amide bonds. The van der Waals surface area contributed by atoms with E-state index in [4.69, 9.17) is 16.3 Å². The van der Waals surface area contributed by atoms with Crippen LogP contribution >= 0.6 is 23.4 Å². The number of rotatable bonds is 7. The van der Waals surface area contributed by atoms with Crippen LogP contribution in [-0.4, -0.2) is 30.3 Å². The minimum absolute atomic E-state index is 0.160. The van der Waals surface area contributed by atoms with Crippen molar-refractivity contribution in [1.82, 2.24) is 5.32 Å². The molecule has 3 nitrogen and oxygen atoms in total. The molecule has 0 aliphatic rings. The minimum Gasteiger partial charge on any atom is -0.504 e. The number of aromatic hydroxyl groups is 1. The first kappa shape index (κ1) is 15.5. The Balaban J connectivity index is 2.54. The number of ether oxygens (including phenoxy) is 1. The molecule has 0 saturated heterocycles. The summed E-state index contributed by atoms with van der Waals surface area (Å²) in [6, 6.07) is 3.36. The molecule has 0 fully saturated rings. The molecule has 0 aliphatic heterocycles. The zero-order valence-corrected chi connectivity index (χ0v) is 12.6. The largest absolute Gasteiger partial charge is 0.504 e. The highest BCUT2D eigenvalue weighted by molar-refractivity contribution is 7.99. The molecule has 1 atom stereocenters. The van der Waals surface area contributed by atoms with Crippen LogP contribution in [0.4, 0.5) is 0 Å². The van der Waals surface area contributed by atoms with Crippen LogP contribution in [-0.2, 0) is 6.54 Å².